The Morgan fingerprint density at radius 2 is 1.90 bits per heavy atom. The lowest BCUT2D eigenvalue weighted by Gasteiger charge is -2.21. The van der Waals surface area contributed by atoms with E-state index in [1.807, 2.05) is 37.5 Å². The van der Waals surface area contributed by atoms with E-state index in [1.54, 1.807) is 0 Å². The fourth-order valence-corrected chi connectivity index (χ4v) is 2.01. The second-order valence-corrected chi connectivity index (χ2v) is 6.37. The standard InChI is InChI=1S/C18H24N2O/c1-14-9-15(11-19-10-14)13-21-17-8-6-5-7-16(17)12-20-18(2,3)4/h5-11,20H,12-13H2,1-4H3. The fourth-order valence-electron chi connectivity index (χ4n) is 2.01. The molecule has 0 aliphatic heterocycles. The van der Waals surface area contributed by atoms with Crippen LogP contribution < -0.4 is 10.1 Å². The second kappa shape index (κ2) is 6.72. The normalized spacial score (nSPS) is 11.4. The van der Waals surface area contributed by atoms with Crippen molar-refractivity contribution in [3.05, 3.63) is 59.4 Å². The number of nitrogens with one attached hydrogen (secondary N) is 1. The van der Waals surface area contributed by atoms with E-state index in [1.165, 1.54) is 5.56 Å². The van der Waals surface area contributed by atoms with Gasteiger partial charge in [-0.15, -0.1) is 0 Å². The molecule has 0 aliphatic rings. The third-order valence-electron chi connectivity index (χ3n) is 3.11. The average Bonchev–Trinajstić information content (AvgIpc) is 2.43. The summed E-state index contributed by atoms with van der Waals surface area (Å²) < 4.78 is 5.96. The summed E-state index contributed by atoms with van der Waals surface area (Å²) in [5.41, 5.74) is 3.51. The topological polar surface area (TPSA) is 34.1 Å². The maximum absolute atomic E-state index is 5.96. The first kappa shape index (κ1) is 15.5. The van der Waals surface area contributed by atoms with Crippen LogP contribution in [-0.2, 0) is 13.2 Å². The van der Waals surface area contributed by atoms with Crippen LogP contribution in [0.3, 0.4) is 0 Å². The van der Waals surface area contributed by atoms with Crippen molar-refractivity contribution in [3.8, 4) is 5.75 Å². The summed E-state index contributed by atoms with van der Waals surface area (Å²) in [7, 11) is 0. The minimum Gasteiger partial charge on any atom is -0.489 e. The third-order valence-corrected chi connectivity index (χ3v) is 3.11. The van der Waals surface area contributed by atoms with Crippen LogP contribution in [0.4, 0.5) is 0 Å². The Balaban J connectivity index is 2.03. The van der Waals surface area contributed by atoms with Gasteiger partial charge in [-0.05, 0) is 45.4 Å². The number of pyridine rings is 1. The van der Waals surface area contributed by atoms with Gasteiger partial charge in [0.2, 0.25) is 0 Å². The van der Waals surface area contributed by atoms with Gasteiger partial charge >= 0.3 is 0 Å². The molecule has 112 valence electrons. The van der Waals surface area contributed by atoms with Crippen molar-refractivity contribution < 1.29 is 4.74 Å². The number of para-hydroxylation sites is 1. The Morgan fingerprint density at radius 3 is 2.62 bits per heavy atom. The quantitative estimate of drug-likeness (QED) is 0.905. The fraction of sp³-hybridized carbons (Fsp3) is 0.389. The number of benzene rings is 1. The lowest BCUT2D eigenvalue weighted by Crippen LogP contribution is -2.35. The number of hydrogen-bond donors (Lipinski definition) is 1. The molecule has 0 atom stereocenters. The first-order valence-electron chi connectivity index (χ1n) is 7.30. The molecule has 2 rings (SSSR count). The molecule has 1 aromatic carbocycles. The predicted molar refractivity (Wildman–Crippen MR) is 86.3 cm³/mol. The molecule has 21 heavy (non-hydrogen) atoms. The number of hydrogen-bond acceptors (Lipinski definition) is 3. The van der Waals surface area contributed by atoms with Crippen LogP contribution in [-0.4, -0.2) is 10.5 Å². The first-order valence-corrected chi connectivity index (χ1v) is 7.30. The summed E-state index contributed by atoms with van der Waals surface area (Å²) in [5.74, 6) is 0.927. The molecule has 1 heterocycles. The van der Waals surface area contributed by atoms with Crippen LogP contribution in [0.2, 0.25) is 0 Å². The average molecular weight is 284 g/mol. The summed E-state index contributed by atoms with van der Waals surface area (Å²) in [6.07, 6.45) is 3.70. The number of nitrogens with zero attached hydrogens (tertiary/aromatic N) is 1. The smallest absolute Gasteiger partial charge is 0.124 e. The van der Waals surface area contributed by atoms with E-state index >= 15 is 0 Å². The van der Waals surface area contributed by atoms with Crippen LogP contribution in [0, 0.1) is 6.92 Å². The summed E-state index contributed by atoms with van der Waals surface area (Å²) in [6, 6.07) is 10.3. The van der Waals surface area contributed by atoms with Gasteiger partial charge in [-0.25, -0.2) is 0 Å². The lowest BCUT2D eigenvalue weighted by atomic mass is 10.1. The minimum absolute atomic E-state index is 0.0908. The van der Waals surface area contributed by atoms with E-state index in [0.29, 0.717) is 6.61 Å². The number of rotatable bonds is 5. The molecule has 1 aromatic heterocycles. The molecule has 0 bridgehead atoms. The predicted octanol–water partition coefficient (Wildman–Crippen LogP) is 3.86. The van der Waals surface area contributed by atoms with Crippen LogP contribution in [0.1, 0.15) is 37.5 Å². The van der Waals surface area contributed by atoms with E-state index < -0.39 is 0 Å². The molecule has 2 aromatic rings. The summed E-state index contributed by atoms with van der Waals surface area (Å²) in [5, 5.41) is 3.49. The van der Waals surface area contributed by atoms with Gasteiger partial charge in [0.25, 0.3) is 0 Å². The molecule has 0 radical (unpaired) electrons. The van der Waals surface area contributed by atoms with E-state index in [4.69, 9.17) is 4.74 Å². The monoisotopic (exact) mass is 284 g/mol. The van der Waals surface area contributed by atoms with Gasteiger partial charge in [0.05, 0.1) is 0 Å². The maximum Gasteiger partial charge on any atom is 0.124 e. The molecule has 0 unspecified atom stereocenters. The lowest BCUT2D eigenvalue weighted by molar-refractivity contribution is 0.299. The molecule has 3 heteroatoms. The van der Waals surface area contributed by atoms with Gasteiger partial charge in [-0.2, -0.15) is 0 Å². The Morgan fingerprint density at radius 1 is 1.14 bits per heavy atom. The van der Waals surface area contributed by atoms with Gasteiger partial charge in [0, 0.05) is 35.6 Å². The molecule has 0 amide bonds. The van der Waals surface area contributed by atoms with Crippen molar-refractivity contribution in [2.24, 2.45) is 0 Å². The number of aryl methyl sites for hydroxylation is 1. The van der Waals surface area contributed by atoms with Crippen molar-refractivity contribution >= 4 is 0 Å². The van der Waals surface area contributed by atoms with Crippen LogP contribution >= 0.6 is 0 Å². The largest absolute Gasteiger partial charge is 0.489 e. The molecule has 0 saturated carbocycles. The molecule has 0 saturated heterocycles. The highest BCUT2D eigenvalue weighted by Crippen LogP contribution is 2.20. The van der Waals surface area contributed by atoms with Gasteiger partial charge < -0.3 is 10.1 Å². The summed E-state index contributed by atoms with van der Waals surface area (Å²) in [4.78, 5) is 4.20. The van der Waals surface area contributed by atoms with Crippen LogP contribution in [0.15, 0.2) is 42.7 Å². The van der Waals surface area contributed by atoms with Gasteiger partial charge in [0.1, 0.15) is 12.4 Å². The van der Waals surface area contributed by atoms with Crippen molar-refractivity contribution in [3.63, 3.8) is 0 Å². The van der Waals surface area contributed by atoms with Crippen LogP contribution in [0.25, 0.3) is 0 Å². The molecule has 0 spiro atoms. The summed E-state index contributed by atoms with van der Waals surface area (Å²) >= 11 is 0. The van der Waals surface area contributed by atoms with Crippen LogP contribution in [0.5, 0.6) is 5.75 Å². The number of aromatic nitrogens is 1. The van der Waals surface area contributed by atoms with E-state index in [-0.39, 0.29) is 5.54 Å². The molecule has 1 N–H and O–H groups in total. The van der Waals surface area contributed by atoms with E-state index in [2.05, 4.69) is 43.2 Å². The Bertz CT molecular complexity index is 588. The Kier molecular flexibility index (Phi) is 4.97. The summed E-state index contributed by atoms with van der Waals surface area (Å²) in [6.45, 7) is 9.86. The van der Waals surface area contributed by atoms with Gasteiger partial charge in [0.15, 0.2) is 0 Å². The first-order chi connectivity index (χ1) is 9.94. The van der Waals surface area contributed by atoms with E-state index in [9.17, 15) is 0 Å². The van der Waals surface area contributed by atoms with Crippen molar-refractivity contribution in [1.82, 2.24) is 10.3 Å². The molecule has 0 aliphatic carbocycles. The van der Waals surface area contributed by atoms with Crippen molar-refractivity contribution in [2.75, 3.05) is 0 Å². The highest BCUT2D eigenvalue weighted by atomic mass is 16.5. The SMILES string of the molecule is Cc1cncc(COc2ccccc2CNC(C)(C)C)c1. The zero-order chi connectivity index (χ0) is 15.3. The molecular formula is C18H24N2O. The Hall–Kier alpha value is -1.87. The second-order valence-electron chi connectivity index (χ2n) is 6.37. The Labute approximate surface area is 127 Å². The van der Waals surface area contributed by atoms with Gasteiger partial charge in [-0.3, -0.25) is 4.98 Å². The van der Waals surface area contributed by atoms with E-state index in [0.717, 1.165) is 23.4 Å². The maximum atomic E-state index is 5.96. The molecule has 3 nitrogen and oxygen atoms in total. The third kappa shape index (κ3) is 5.20. The van der Waals surface area contributed by atoms with Gasteiger partial charge in [-0.1, -0.05) is 18.2 Å². The highest BCUT2D eigenvalue weighted by Gasteiger charge is 2.10. The zero-order valence-electron chi connectivity index (χ0n) is 13.3. The number of ether oxygens (including phenoxy) is 1. The van der Waals surface area contributed by atoms with Crippen molar-refractivity contribution in [1.29, 1.82) is 0 Å². The molecular weight excluding hydrogens is 260 g/mol. The highest BCUT2D eigenvalue weighted by molar-refractivity contribution is 5.33. The molecule has 0 fully saturated rings. The van der Waals surface area contributed by atoms with Crippen molar-refractivity contribution in [2.45, 2.75) is 46.4 Å². The minimum atomic E-state index is 0.0908. The zero-order valence-corrected chi connectivity index (χ0v) is 13.3.